The minimum Gasteiger partial charge on any atom is -0.376 e. The van der Waals surface area contributed by atoms with Gasteiger partial charge in [-0.3, -0.25) is 14.6 Å². The van der Waals surface area contributed by atoms with E-state index in [-0.39, 0.29) is 29.2 Å². The molecule has 1 aromatic heterocycles. The Hall–Kier alpha value is -2.00. The molecule has 0 aromatic carbocycles. The second-order valence-corrected chi connectivity index (χ2v) is 8.58. The van der Waals surface area contributed by atoms with Gasteiger partial charge in [0.05, 0.1) is 17.6 Å². The first kappa shape index (κ1) is 17.8. The fourth-order valence-electron chi connectivity index (χ4n) is 2.98. The van der Waals surface area contributed by atoms with E-state index in [9.17, 15) is 18.0 Å². The molecule has 2 fully saturated rings. The quantitative estimate of drug-likeness (QED) is 0.752. The molecule has 2 amide bonds. The molecule has 0 spiro atoms. The van der Waals surface area contributed by atoms with Gasteiger partial charge in [-0.2, -0.15) is 0 Å². The van der Waals surface area contributed by atoms with Crippen LogP contribution in [0.3, 0.4) is 0 Å². The van der Waals surface area contributed by atoms with Crippen LogP contribution in [0.1, 0.15) is 40.1 Å². The van der Waals surface area contributed by atoms with Crippen molar-refractivity contribution in [1.29, 1.82) is 0 Å². The Morgan fingerprint density at radius 2 is 2.12 bits per heavy atom. The molecule has 2 saturated heterocycles. The third-order valence-corrected chi connectivity index (χ3v) is 6.10. The van der Waals surface area contributed by atoms with E-state index >= 15 is 0 Å². The van der Waals surface area contributed by atoms with Crippen LogP contribution in [0.5, 0.6) is 0 Å². The van der Waals surface area contributed by atoms with Crippen molar-refractivity contribution in [1.82, 2.24) is 15.6 Å². The number of nitrogens with one attached hydrogen (secondary N) is 2. The maximum Gasteiger partial charge on any atom is 0.270 e. The van der Waals surface area contributed by atoms with Crippen LogP contribution in [-0.2, 0) is 14.6 Å². The van der Waals surface area contributed by atoms with Crippen LogP contribution in [0.2, 0.25) is 0 Å². The molecule has 2 aliphatic rings. The normalized spacial score (nSPS) is 24.8. The Morgan fingerprint density at radius 3 is 2.80 bits per heavy atom. The highest BCUT2D eigenvalue weighted by atomic mass is 32.2. The molecule has 2 atom stereocenters. The molecule has 2 aliphatic heterocycles. The highest BCUT2D eigenvalue weighted by molar-refractivity contribution is 7.91. The minimum absolute atomic E-state index is 0.0397. The Balaban J connectivity index is 1.58. The molecule has 9 heteroatoms. The average molecular weight is 367 g/mol. The van der Waals surface area contributed by atoms with Crippen molar-refractivity contribution >= 4 is 21.7 Å². The molecule has 3 heterocycles. The number of nitrogens with zero attached hydrogens (tertiary/aromatic N) is 1. The van der Waals surface area contributed by atoms with Gasteiger partial charge in [-0.15, -0.1) is 0 Å². The number of aromatic nitrogens is 1. The Kier molecular flexibility index (Phi) is 5.33. The Morgan fingerprint density at radius 1 is 1.28 bits per heavy atom. The topological polar surface area (TPSA) is 114 Å². The molecule has 136 valence electrons. The molecule has 2 N–H and O–H groups in total. The summed E-state index contributed by atoms with van der Waals surface area (Å²) in [5, 5.41) is 5.45. The summed E-state index contributed by atoms with van der Waals surface area (Å²) in [6.45, 7) is 1.15. The first-order chi connectivity index (χ1) is 11.9. The number of hydrogen-bond acceptors (Lipinski definition) is 6. The van der Waals surface area contributed by atoms with Gasteiger partial charge < -0.3 is 15.4 Å². The number of hydrogen-bond donors (Lipinski definition) is 2. The Bertz CT molecular complexity index is 759. The second kappa shape index (κ2) is 7.49. The smallest absolute Gasteiger partial charge is 0.270 e. The lowest BCUT2D eigenvalue weighted by molar-refractivity contribution is 0.0857. The van der Waals surface area contributed by atoms with Crippen LogP contribution < -0.4 is 10.6 Å². The van der Waals surface area contributed by atoms with Gasteiger partial charge in [-0.05, 0) is 31.4 Å². The number of amides is 2. The van der Waals surface area contributed by atoms with Crippen LogP contribution in [0, 0.1) is 0 Å². The van der Waals surface area contributed by atoms with Gasteiger partial charge in [-0.25, -0.2) is 8.42 Å². The van der Waals surface area contributed by atoms with E-state index in [1.807, 2.05) is 0 Å². The standard InChI is InChI=1S/C16H21N3O5S/c20-15(18-9-13-2-1-6-24-13)11-3-5-17-14(8-11)16(21)19-12-4-7-25(22,23)10-12/h3,5,8,12-13H,1-2,4,6-7,9-10H2,(H,18,20)(H,19,21). The molecule has 25 heavy (non-hydrogen) atoms. The number of pyridine rings is 1. The van der Waals surface area contributed by atoms with E-state index < -0.39 is 21.8 Å². The summed E-state index contributed by atoms with van der Waals surface area (Å²) in [7, 11) is -3.07. The van der Waals surface area contributed by atoms with Gasteiger partial charge in [0.15, 0.2) is 9.84 Å². The van der Waals surface area contributed by atoms with Crippen molar-refractivity contribution in [3.8, 4) is 0 Å². The summed E-state index contributed by atoms with van der Waals surface area (Å²) < 4.78 is 28.4. The van der Waals surface area contributed by atoms with E-state index in [2.05, 4.69) is 15.6 Å². The zero-order valence-electron chi connectivity index (χ0n) is 13.7. The van der Waals surface area contributed by atoms with Crippen molar-refractivity contribution in [2.75, 3.05) is 24.7 Å². The van der Waals surface area contributed by atoms with Gasteiger partial charge in [0.2, 0.25) is 0 Å². The van der Waals surface area contributed by atoms with Crippen LogP contribution in [0.25, 0.3) is 0 Å². The molecule has 0 saturated carbocycles. The van der Waals surface area contributed by atoms with Crippen LogP contribution >= 0.6 is 0 Å². The van der Waals surface area contributed by atoms with Crippen LogP contribution in [-0.4, -0.2) is 62.0 Å². The number of carbonyl (C=O) groups is 2. The lowest BCUT2D eigenvalue weighted by atomic mass is 10.2. The molecular weight excluding hydrogens is 346 g/mol. The summed E-state index contributed by atoms with van der Waals surface area (Å²) >= 11 is 0. The summed E-state index contributed by atoms with van der Waals surface area (Å²) in [6.07, 6.45) is 3.75. The number of carbonyl (C=O) groups excluding carboxylic acids is 2. The predicted octanol–water partition coefficient (Wildman–Crippen LogP) is -0.0927. The molecule has 0 radical (unpaired) electrons. The van der Waals surface area contributed by atoms with Gasteiger partial charge in [0, 0.05) is 31.0 Å². The monoisotopic (exact) mass is 367 g/mol. The molecule has 3 rings (SSSR count). The molecular formula is C16H21N3O5S. The molecule has 1 aromatic rings. The zero-order valence-corrected chi connectivity index (χ0v) is 14.5. The minimum atomic E-state index is -3.07. The highest BCUT2D eigenvalue weighted by Gasteiger charge is 2.29. The van der Waals surface area contributed by atoms with Gasteiger partial charge in [0.25, 0.3) is 11.8 Å². The van der Waals surface area contributed by atoms with Gasteiger partial charge in [-0.1, -0.05) is 0 Å². The van der Waals surface area contributed by atoms with Crippen molar-refractivity contribution in [2.24, 2.45) is 0 Å². The lowest BCUT2D eigenvalue weighted by Gasteiger charge is -2.12. The van der Waals surface area contributed by atoms with Gasteiger partial charge in [0.1, 0.15) is 5.69 Å². The number of sulfone groups is 1. The maximum absolute atomic E-state index is 12.2. The largest absolute Gasteiger partial charge is 0.376 e. The zero-order chi connectivity index (χ0) is 17.9. The fourth-order valence-corrected chi connectivity index (χ4v) is 4.65. The van der Waals surface area contributed by atoms with E-state index in [1.54, 1.807) is 0 Å². The molecule has 0 aliphatic carbocycles. The second-order valence-electron chi connectivity index (χ2n) is 6.35. The first-order valence-corrected chi connectivity index (χ1v) is 10.1. The summed E-state index contributed by atoms with van der Waals surface area (Å²) in [5.74, 6) is -0.747. The van der Waals surface area contributed by atoms with E-state index in [4.69, 9.17) is 4.74 Å². The van der Waals surface area contributed by atoms with Crippen molar-refractivity contribution in [3.05, 3.63) is 29.6 Å². The lowest BCUT2D eigenvalue weighted by Crippen LogP contribution is -2.36. The first-order valence-electron chi connectivity index (χ1n) is 8.30. The molecule has 0 bridgehead atoms. The summed E-state index contributed by atoms with van der Waals surface area (Å²) in [6, 6.07) is 2.53. The van der Waals surface area contributed by atoms with Crippen molar-refractivity contribution in [2.45, 2.75) is 31.4 Å². The third kappa shape index (κ3) is 4.76. The Labute approximate surface area is 146 Å². The fraction of sp³-hybridized carbons (Fsp3) is 0.562. The number of rotatable bonds is 5. The number of ether oxygens (including phenoxy) is 1. The third-order valence-electron chi connectivity index (χ3n) is 4.34. The van der Waals surface area contributed by atoms with E-state index in [0.29, 0.717) is 18.5 Å². The van der Waals surface area contributed by atoms with Gasteiger partial charge >= 0.3 is 0 Å². The van der Waals surface area contributed by atoms with Crippen molar-refractivity contribution < 1.29 is 22.7 Å². The van der Waals surface area contributed by atoms with Crippen molar-refractivity contribution in [3.63, 3.8) is 0 Å². The molecule has 8 nitrogen and oxygen atoms in total. The summed E-state index contributed by atoms with van der Waals surface area (Å²) in [5.41, 5.74) is 0.422. The SMILES string of the molecule is O=C(NCC1CCCO1)c1ccnc(C(=O)NC2CCS(=O)(=O)C2)c1. The van der Waals surface area contributed by atoms with Crippen LogP contribution in [0.4, 0.5) is 0 Å². The summed E-state index contributed by atoms with van der Waals surface area (Å²) in [4.78, 5) is 28.4. The average Bonchev–Trinajstić information content (AvgIpc) is 3.22. The van der Waals surface area contributed by atoms with E-state index in [0.717, 1.165) is 19.4 Å². The predicted molar refractivity (Wildman–Crippen MR) is 90.1 cm³/mol. The maximum atomic E-state index is 12.2. The van der Waals surface area contributed by atoms with Crippen LogP contribution in [0.15, 0.2) is 18.3 Å². The van der Waals surface area contributed by atoms with E-state index in [1.165, 1.54) is 18.3 Å². The molecule has 2 unspecified atom stereocenters. The highest BCUT2D eigenvalue weighted by Crippen LogP contribution is 2.13.